The van der Waals surface area contributed by atoms with Gasteiger partial charge in [0.05, 0.1) is 19.3 Å². The van der Waals surface area contributed by atoms with Gasteiger partial charge in [-0.2, -0.15) is 0 Å². The first-order valence-electron chi connectivity index (χ1n) is 10.3. The van der Waals surface area contributed by atoms with E-state index < -0.39 is 11.3 Å². The molecular formula is C21H37NO5. The Hall–Kier alpha value is -1.30. The van der Waals surface area contributed by atoms with Crippen LogP contribution in [-0.4, -0.2) is 47.5 Å². The minimum Gasteiger partial charge on any atom is -0.469 e. The largest absolute Gasteiger partial charge is 0.469 e. The monoisotopic (exact) mass is 383 g/mol. The van der Waals surface area contributed by atoms with Crippen LogP contribution in [0.4, 0.5) is 4.79 Å². The number of hydrogen-bond donors (Lipinski definition) is 0. The number of carbonyl (C=O) groups excluding carboxylic acids is 2. The number of nitrogens with zero attached hydrogens (tertiary/aromatic N) is 1. The van der Waals surface area contributed by atoms with Gasteiger partial charge in [-0.25, -0.2) is 4.79 Å². The number of rotatable bonds is 5. The summed E-state index contributed by atoms with van der Waals surface area (Å²) in [6.45, 7) is 9.44. The Kier molecular flexibility index (Phi) is 7.17. The molecule has 1 heterocycles. The van der Waals surface area contributed by atoms with Gasteiger partial charge in [-0.3, -0.25) is 9.69 Å². The highest BCUT2D eigenvalue weighted by molar-refractivity contribution is 5.70. The second-order valence-electron chi connectivity index (χ2n) is 9.38. The third kappa shape index (κ3) is 6.09. The molecule has 2 aliphatic rings. The zero-order valence-corrected chi connectivity index (χ0v) is 17.9. The smallest absolute Gasteiger partial charge is 0.412 e. The third-order valence-corrected chi connectivity index (χ3v) is 5.53. The maximum atomic E-state index is 13.0. The lowest BCUT2D eigenvalue weighted by Gasteiger charge is -2.36. The van der Waals surface area contributed by atoms with Crippen LogP contribution in [0.3, 0.4) is 0 Å². The Morgan fingerprint density at radius 3 is 2.33 bits per heavy atom. The van der Waals surface area contributed by atoms with Gasteiger partial charge in [0, 0.05) is 6.42 Å². The number of amides is 1. The Balaban J connectivity index is 2.19. The predicted octanol–water partition coefficient (Wildman–Crippen LogP) is 4.65. The second kappa shape index (κ2) is 8.80. The van der Waals surface area contributed by atoms with Gasteiger partial charge in [-0.05, 0) is 53.4 Å². The zero-order valence-electron chi connectivity index (χ0n) is 17.9. The summed E-state index contributed by atoms with van der Waals surface area (Å²) in [5, 5.41) is 0. The van der Waals surface area contributed by atoms with Crippen molar-refractivity contribution >= 4 is 12.1 Å². The van der Waals surface area contributed by atoms with Gasteiger partial charge in [0.15, 0.2) is 0 Å². The molecule has 0 spiro atoms. The van der Waals surface area contributed by atoms with Crippen molar-refractivity contribution in [2.24, 2.45) is 5.92 Å². The van der Waals surface area contributed by atoms with E-state index >= 15 is 0 Å². The molecule has 1 aliphatic heterocycles. The van der Waals surface area contributed by atoms with Gasteiger partial charge >= 0.3 is 12.1 Å². The highest BCUT2D eigenvalue weighted by Crippen LogP contribution is 2.40. The van der Waals surface area contributed by atoms with Gasteiger partial charge in [0.2, 0.25) is 0 Å². The molecule has 1 saturated carbocycles. The first kappa shape index (κ1) is 22.0. The van der Waals surface area contributed by atoms with Gasteiger partial charge in [-0.15, -0.1) is 0 Å². The summed E-state index contributed by atoms with van der Waals surface area (Å²) in [5.74, 6) is 0.343. The van der Waals surface area contributed by atoms with Crippen molar-refractivity contribution in [1.29, 1.82) is 0 Å². The number of hydrogen-bond acceptors (Lipinski definition) is 5. The lowest BCUT2D eigenvalue weighted by Crippen LogP contribution is -2.50. The Bertz CT molecular complexity index is 519. The summed E-state index contributed by atoms with van der Waals surface area (Å²) < 4.78 is 16.7. The molecule has 0 N–H and O–H groups in total. The fourth-order valence-electron chi connectivity index (χ4n) is 4.37. The van der Waals surface area contributed by atoms with Crippen LogP contribution in [0.1, 0.15) is 86.0 Å². The second-order valence-corrected chi connectivity index (χ2v) is 9.38. The SMILES string of the molecule is COC(=O)CC[C@@H]1OC(C)(C)N(C(=O)OC(C)(C)C)[C@H]1CC1CCCCC1. The molecule has 0 aromatic heterocycles. The van der Waals surface area contributed by atoms with Crippen LogP contribution in [0.25, 0.3) is 0 Å². The van der Waals surface area contributed by atoms with Gasteiger partial charge in [0.1, 0.15) is 11.3 Å². The topological polar surface area (TPSA) is 65.1 Å². The molecule has 0 unspecified atom stereocenters. The van der Waals surface area contributed by atoms with E-state index in [4.69, 9.17) is 14.2 Å². The van der Waals surface area contributed by atoms with Crippen LogP contribution in [-0.2, 0) is 19.0 Å². The molecular weight excluding hydrogens is 346 g/mol. The Morgan fingerprint density at radius 2 is 1.78 bits per heavy atom. The van der Waals surface area contributed by atoms with E-state index in [1.807, 2.05) is 34.6 Å². The molecule has 1 aliphatic carbocycles. The third-order valence-electron chi connectivity index (χ3n) is 5.53. The lowest BCUT2D eigenvalue weighted by molar-refractivity contribution is -0.142. The fraction of sp³-hybridized carbons (Fsp3) is 0.905. The minimum atomic E-state index is -0.761. The molecule has 6 heteroatoms. The molecule has 2 atom stereocenters. The van der Waals surface area contributed by atoms with Crippen molar-refractivity contribution in [1.82, 2.24) is 4.90 Å². The Labute approximate surface area is 163 Å². The molecule has 156 valence electrons. The normalized spacial score (nSPS) is 26.1. The number of carbonyl (C=O) groups is 2. The maximum Gasteiger partial charge on any atom is 0.412 e. The molecule has 1 saturated heterocycles. The van der Waals surface area contributed by atoms with E-state index in [-0.39, 0.29) is 24.2 Å². The van der Waals surface area contributed by atoms with Crippen molar-refractivity contribution in [3.05, 3.63) is 0 Å². The van der Waals surface area contributed by atoms with Crippen LogP contribution in [0.5, 0.6) is 0 Å². The fourth-order valence-corrected chi connectivity index (χ4v) is 4.37. The molecule has 6 nitrogen and oxygen atoms in total. The molecule has 0 radical (unpaired) electrons. The molecule has 2 fully saturated rings. The summed E-state index contributed by atoms with van der Waals surface area (Å²) in [6.07, 6.45) is 7.41. The van der Waals surface area contributed by atoms with Crippen LogP contribution < -0.4 is 0 Å². The number of ether oxygens (including phenoxy) is 3. The minimum absolute atomic E-state index is 0.0809. The highest BCUT2D eigenvalue weighted by Gasteiger charge is 2.51. The molecule has 0 aromatic rings. The molecule has 1 amide bonds. The van der Waals surface area contributed by atoms with Crippen molar-refractivity contribution < 1.29 is 23.8 Å². The predicted molar refractivity (Wildman–Crippen MR) is 103 cm³/mol. The lowest BCUT2D eigenvalue weighted by atomic mass is 9.83. The summed E-state index contributed by atoms with van der Waals surface area (Å²) in [4.78, 5) is 26.4. The van der Waals surface area contributed by atoms with Crippen LogP contribution in [0.15, 0.2) is 0 Å². The van der Waals surface area contributed by atoms with E-state index in [0.717, 1.165) is 6.42 Å². The Morgan fingerprint density at radius 1 is 1.15 bits per heavy atom. The zero-order chi connectivity index (χ0) is 20.2. The van der Waals surface area contributed by atoms with E-state index in [1.54, 1.807) is 4.90 Å². The number of esters is 1. The standard InChI is InChI=1S/C21H37NO5/c1-20(2,3)27-19(24)22-16(14-15-10-8-7-9-11-15)17(26-21(22,4)5)12-13-18(23)25-6/h15-17H,7-14H2,1-6H3/t16-,17-/m0/s1. The summed E-state index contributed by atoms with van der Waals surface area (Å²) in [6, 6.07) is -0.0809. The first-order valence-corrected chi connectivity index (χ1v) is 10.3. The van der Waals surface area contributed by atoms with E-state index in [0.29, 0.717) is 18.8 Å². The van der Waals surface area contributed by atoms with E-state index in [2.05, 4.69) is 0 Å². The van der Waals surface area contributed by atoms with Crippen LogP contribution >= 0.6 is 0 Å². The van der Waals surface area contributed by atoms with Crippen molar-refractivity contribution in [2.75, 3.05) is 7.11 Å². The van der Waals surface area contributed by atoms with E-state index in [9.17, 15) is 9.59 Å². The molecule has 27 heavy (non-hydrogen) atoms. The van der Waals surface area contributed by atoms with Crippen molar-refractivity contribution in [3.8, 4) is 0 Å². The summed E-state index contributed by atoms with van der Waals surface area (Å²) in [7, 11) is 1.40. The highest BCUT2D eigenvalue weighted by atomic mass is 16.6. The van der Waals surface area contributed by atoms with Crippen LogP contribution in [0.2, 0.25) is 0 Å². The summed E-state index contributed by atoms with van der Waals surface area (Å²) >= 11 is 0. The van der Waals surface area contributed by atoms with Gasteiger partial charge in [-0.1, -0.05) is 32.1 Å². The van der Waals surface area contributed by atoms with E-state index in [1.165, 1.54) is 39.2 Å². The van der Waals surface area contributed by atoms with Gasteiger partial charge in [0.25, 0.3) is 0 Å². The van der Waals surface area contributed by atoms with Gasteiger partial charge < -0.3 is 14.2 Å². The van der Waals surface area contributed by atoms with Crippen LogP contribution in [0, 0.1) is 5.92 Å². The van der Waals surface area contributed by atoms with Crippen molar-refractivity contribution in [2.45, 2.75) is 109 Å². The summed E-state index contributed by atoms with van der Waals surface area (Å²) in [5.41, 5.74) is -1.32. The average molecular weight is 384 g/mol. The number of methoxy groups -OCH3 is 1. The quantitative estimate of drug-likeness (QED) is 0.647. The van der Waals surface area contributed by atoms with Crippen molar-refractivity contribution in [3.63, 3.8) is 0 Å². The maximum absolute atomic E-state index is 13.0. The molecule has 0 aromatic carbocycles. The first-order chi connectivity index (χ1) is 12.5. The molecule has 2 rings (SSSR count). The average Bonchev–Trinajstić information content (AvgIpc) is 2.82. The molecule has 0 bridgehead atoms.